The van der Waals surface area contributed by atoms with Crippen LogP contribution in [0.25, 0.3) is 0 Å². The van der Waals surface area contributed by atoms with Crippen LogP contribution in [0.4, 0.5) is 0 Å². The summed E-state index contributed by atoms with van der Waals surface area (Å²) in [5.41, 5.74) is 0. The summed E-state index contributed by atoms with van der Waals surface area (Å²) < 4.78 is 10.7. The summed E-state index contributed by atoms with van der Waals surface area (Å²) in [5.74, 6) is 0.241. The second-order valence-corrected chi connectivity index (χ2v) is 3.12. The topological polar surface area (TPSA) is 35.5 Å². The van der Waals surface area contributed by atoms with Crippen LogP contribution in [0.15, 0.2) is 0 Å². The summed E-state index contributed by atoms with van der Waals surface area (Å²) in [5, 5.41) is 0. The highest BCUT2D eigenvalue weighted by Gasteiger charge is 2.13. The van der Waals surface area contributed by atoms with E-state index in [4.69, 9.17) is 9.47 Å². The van der Waals surface area contributed by atoms with E-state index in [-0.39, 0.29) is 12.1 Å². The van der Waals surface area contributed by atoms with Crippen LogP contribution >= 0.6 is 0 Å². The predicted octanol–water partition coefficient (Wildman–Crippen LogP) is 1.51. The van der Waals surface area contributed by atoms with Crippen molar-refractivity contribution in [2.45, 2.75) is 38.9 Å². The van der Waals surface area contributed by atoms with E-state index < -0.39 is 0 Å². The molecule has 0 spiro atoms. The lowest BCUT2D eigenvalue weighted by Crippen LogP contribution is -2.24. The van der Waals surface area contributed by atoms with Gasteiger partial charge in [-0.2, -0.15) is 0 Å². The molecule has 0 bridgehead atoms. The third-order valence-electron chi connectivity index (χ3n) is 1.86. The second kappa shape index (κ2) is 5.27. The summed E-state index contributed by atoms with van der Waals surface area (Å²) in [6.45, 7) is 3.21. The van der Waals surface area contributed by atoms with E-state index in [1.807, 2.05) is 0 Å². The van der Waals surface area contributed by atoms with Gasteiger partial charge < -0.3 is 14.3 Å². The van der Waals surface area contributed by atoms with Crippen LogP contribution in [0.2, 0.25) is 0 Å². The smallest absolute Gasteiger partial charge is 0.157 e. The van der Waals surface area contributed by atoms with Crippen molar-refractivity contribution >= 4 is 5.78 Å². The fraction of sp³-hybridized carbons (Fsp3) is 0.889. The van der Waals surface area contributed by atoms with Gasteiger partial charge in [0, 0.05) is 6.42 Å². The Balaban J connectivity index is 2.01. The molecule has 1 fully saturated rings. The standard InChI is InChI=1S/C9H16O3/c1-8(10)4-2-5-9-11-6-3-7-12-9/h9H,2-7H2,1H3. The molecule has 0 aliphatic carbocycles. The Kier molecular flexibility index (Phi) is 4.25. The van der Waals surface area contributed by atoms with E-state index in [2.05, 4.69) is 0 Å². The first-order valence-electron chi connectivity index (χ1n) is 4.51. The maximum atomic E-state index is 10.6. The van der Waals surface area contributed by atoms with Crippen LogP contribution in [-0.4, -0.2) is 25.3 Å². The third-order valence-corrected chi connectivity index (χ3v) is 1.86. The summed E-state index contributed by atoms with van der Waals surface area (Å²) in [7, 11) is 0. The molecule has 0 aromatic carbocycles. The van der Waals surface area contributed by atoms with E-state index in [9.17, 15) is 4.79 Å². The summed E-state index contributed by atoms with van der Waals surface area (Å²) in [4.78, 5) is 10.6. The highest BCUT2D eigenvalue weighted by Crippen LogP contribution is 2.11. The monoisotopic (exact) mass is 172 g/mol. The van der Waals surface area contributed by atoms with Crippen LogP contribution in [-0.2, 0) is 14.3 Å². The van der Waals surface area contributed by atoms with Gasteiger partial charge in [-0.1, -0.05) is 0 Å². The molecule has 1 aliphatic rings. The molecule has 3 heteroatoms. The maximum absolute atomic E-state index is 10.6. The minimum Gasteiger partial charge on any atom is -0.353 e. The van der Waals surface area contributed by atoms with Crippen molar-refractivity contribution < 1.29 is 14.3 Å². The molecular formula is C9H16O3. The largest absolute Gasteiger partial charge is 0.353 e. The number of carbonyl (C=O) groups is 1. The van der Waals surface area contributed by atoms with Gasteiger partial charge in [0.2, 0.25) is 0 Å². The van der Waals surface area contributed by atoms with Crippen molar-refractivity contribution in [3.8, 4) is 0 Å². The lowest BCUT2D eigenvalue weighted by Gasteiger charge is -2.22. The van der Waals surface area contributed by atoms with Gasteiger partial charge in [0.15, 0.2) is 6.29 Å². The van der Waals surface area contributed by atoms with E-state index >= 15 is 0 Å². The molecule has 0 amide bonds. The number of rotatable bonds is 4. The Morgan fingerprint density at radius 2 is 2.08 bits per heavy atom. The second-order valence-electron chi connectivity index (χ2n) is 3.12. The third kappa shape index (κ3) is 3.83. The molecule has 1 heterocycles. The number of hydrogen-bond donors (Lipinski definition) is 0. The summed E-state index contributed by atoms with van der Waals surface area (Å²) >= 11 is 0. The van der Waals surface area contributed by atoms with Gasteiger partial charge in [-0.25, -0.2) is 0 Å². The van der Waals surface area contributed by atoms with Crippen LogP contribution < -0.4 is 0 Å². The molecule has 0 radical (unpaired) electrons. The summed E-state index contributed by atoms with van der Waals surface area (Å²) in [6, 6.07) is 0. The molecule has 3 nitrogen and oxygen atoms in total. The minimum atomic E-state index is -0.0573. The van der Waals surface area contributed by atoms with Crippen LogP contribution in [0, 0.1) is 0 Å². The van der Waals surface area contributed by atoms with E-state index in [1.54, 1.807) is 6.92 Å². The number of ketones is 1. The average molecular weight is 172 g/mol. The lowest BCUT2D eigenvalue weighted by atomic mass is 10.2. The predicted molar refractivity (Wildman–Crippen MR) is 44.8 cm³/mol. The molecule has 70 valence electrons. The normalized spacial score (nSPS) is 19.4. The van der Waals surface area contributed by atoms with Crippen molar-refractivity contribution in [1.82, 2.24) is 0 Å². The van der Waals surface area contributed by atoms with Crippen LogP contribution in [0.3, 0.4) is 0 Å². The fourth-order valence-electron chi connectivity index (χ4n) is 1.22. The first kappa shape index (κ1) is 9.68. The Morgan fingerprint density at radius 1 is 1.42 bits per heavy atom. The maximum Gasteiger partial charge on any atom is 0.157 e. The minimum absolute atomic E-state index is 0.0573. The molecule has 1 rings (SSSR count). The quantitative estimate of drug-likeness (QED) is 0.644. The molecule has 0 saturated carbocycles. The zero-order valence-corrected chi connectivity index (χ0v) is 7.54. The molecule has 0 N–H and O–H groups in total. The van der Waals surface area contributed by atoms with Crippen molar-refractivity contribution in [3.63, 3.8) is 0 Å². The fourth-order valence-corrected chi connectivity index (χ4v) is 1.22. The Hall–Kier alpha value is -0.410. The molecule has 0 aromatic heterocycles. The van der Waals surface area contributed by atoms with Gasteiger partial charge in [-0.05, 0) is 26.2 Å². The summed E-state index contributed by atoms with van der Waals surface area (Å²) in [6.07, 6.45) is 3.30. The van der Waals surface area contributed by atoms with Crippen molar-refractivity contribution in [3.05, 3.63) is 0 Å². The zero-order valence-electron chi connectivity index (χ0n) is 7.54. The Labute approximate surface area is 73.0 Å². The van der Waals surface area contributed by atoms with Gasteiger partial charge in [0.05, 0.1) is 13.2 Å². The molecule has 1 saturated heterocycles. The van der Waals surface area contributed by atoms with Gasteiger partial charge in [0.25, 0.3) is 0 Å². The van der Waals surface area contributed by atoms with E-state index in [0.717, 1.165) is 32.5 Å². The Morgan fingerprint density at radius 3 is 2.67 bits per heavy atom. The molecule has 12 heavy (non-hydrogen) atoms. The first-order chi connectivity index (χ1) is 5.79. The van der Waals surface area contributed by atoms with Crippen molar-refractivity contribution in [1.29, 1.82) is 0 Å². The zero-order chi connectivity index (χ0) is 8.81. The van der Waals surface area contributed by atoms with Crippen molar-refractivity contribution in [2.24, 2.45) is 0 Å². The van der Waals surface area contributed by atoms with E-state index in [0.29, 0.717) is 6.42 Å². The first-order valence-corrected chi connectivity index (χ1v) is 4.51. The lowest BCUT2D eigenvalue weighted by molar-refractivity contribution is -0.181. The number of Topliss-reactive ketones (excluding diaryl/α,β-unsaturated/α-hetero) is 1. The van der Waals surface area contributed by atoms with Gasteiger partial charge >= 0.3 is 0 Å². The molecule has 0 unspecified atom stereocenters. The van der Waals surface area contributed by atoms with Gasteiger partial charge in [-0.15, -0.1) is 0 Å². The van der Waals surface area contributed by atoms with E-state index in [1.165, 1.54) is 0 Å². The van der Waals surface area contributed by atoms with Gasteiger partial charge in [0.1, 0.15) is 5.78 Å². The molecule has 1 aliphatic heterocycles. The molecular weight excluding hydrogens is 156 g/mol. The molecule has 0 aromatic rings. The van der Waals surface area contributed by atoms with Crippen LogP contribution in [0.1, 0.15) is 32.6 Å². The van der Waals surface area contributed by atoms with Gasteiger partial charge in [-0.3, -0.25) is 0 Å². The van der Waals surface area contributed by atoms with Crippen molar-refractivity contribution in [2.75, 3.05) is 13.2 Å². The molecule has 0 atom stereocenters. The highest BCUT2D eigenvalue weighted by atomic mass is 16.7. The van der Waals surface area contributed by atoms with Crippen LogP contribution in [0.5, 0.6) is 0 Å². The Bertz CT molecular complexity index is 139. The number of hydrogen-bond acceptors (Lipinski definition) is 3. The average Bonchev–Trinajstić information content (AvgIpc) is 2.05. The highest BCUT2D eigenvalue weighted by molar-refractivity contribution is 5.75. The SMILES string of the molecule is CC(=O)CCCC1OCCCO1. The number of carbonyl (C=O) groups excluding carboxylic acids is 1. The number of ether oxygens (including phenoxy) is 2.